The molecule has 2 atom stereocenters. The van der Waals surface area contributed by atoms with Crippen LogP contribution in [0.15, 0.2) is 0 Å². The Morgan fingerprint density at radius 3 is 2.05 bits per heavy atom. The Balaban J connectivity index is 1.72. The van der Waals surface area contributed by atoms with Gasteiger partial charge in [0.2, 0.25) is 0 Å². The fourth-order valence-corrected chi connectivity index (χ4v) is 3.87. The molecule has 2 saturated carbocycles. The summed E-state index contributed by atoms with van der Waals surface area (Å²) in [5.41, 5.74) is 0. The van der Waals surface area contributed by atoms with Crippen molar-refractivity contribution < 1.29 is 13.2 Å². The Morgan fingerprint density at radius 1 is 0.850 bits per heavy atom. The predicted octanol–water partition coefficient (Wildman–Crippen LogP) is 5.06. The maximum atomic E-state index is 12.6. The van der Waals surface area contributed by atoms with Crippen LogP contribution in [0.2, 0.25) is 0 Å². The van der Waals surface area contributed by atoms with Gasteiger partial charge in [0.1, 0.15) is 0 Å². The van der Waals surface area contributed by atoms with Gasteiger partial charge in [0.05, 0.1) is 5.92 Å². The lowest BCUT2D eigenvalue weighted by molar-refractivity contribution is -0.182. The summed E-state index contributed by atoms with van der Waals surface area (Å²) in [5, 5.41) is 3.65. The minimum Gasteiger partial charge on any atom is -0.311 e. The fraction of sp³-hybridized carbons (Fsp3) is 1.00. The Bertz CT molecular complexity index is 282. The Labute approximate surface area is 120 Å². The SMILES string of the molecule is CCC1CCCC(NC2CCC(C(F)(F)F)CC2)CC1. The third-order valence-corrected chi connectivity index (χ3v) is 5.33. The van der Waals surface area contributed by atoms with Gasteiger partial charge in [-0.05, 0) is 50.9 Å². The first-order valence-electron chi connectivity index (χ1n) is 8.31. The lowest BCUT2D eigenvalue weighted by atomic mass is 9.85. The lowest BCUT2D eigenvalue weighted by Crippen LogP contribution is -2.42. The van der Waals surface area contributed by atoms with Crippen LogP contribution in [0.5, 0.6) is 0 Å². The van der Waals surface area contributed by atoms with Crippen molar-refractivity contribution in [1.82, 2.24) is 5.32 Å². The third kappa shape index (κ3) is 4.64. The van der Waals surface area contributed by atoms with Crippen LogP contribution in [0.1, 0.15) is 71.1 Å². The highest BCUT2D eigenvalue weighted by Gasteiger charge is 2.41. The smallest absolute Gasteiger partial charge is 0.311 e. The molecule has 0 saturated heterocycles. The Kier molecular flexibility index (Phi) is 5.76. The summed E-state index contributed by atoms with van der Waals surface area (Å²) >= 11 is 0. The first kappa shape index (κ1) is 16.1. The largest absolute Gasteiger partial charge is 0.391 e. The number of hydrogen-bond donors (Lipinski definition) is 1. The van der Waals surface area contributed by atoms with Gasteiger partial charge in [0, 0.05) is 12.1 Å². The summed E-state index contributed by atoms with van der Waals surface area (Å²) in [6.07, 6.45) is 5.58. The summed E-state index contributed by atoms with van der Waals surface area (Å²) in [7, 11) is 0. The zero-order chi connectivity index (χ0) is 14.6. The molecule has 0 spiro atoms. The summed E-state index contributed by atoms with van der Waals surface area (Å²) in [4.78, 5) is 0. The van der Waals surface area contributed by atoms with Crippen molar-refractivity contribution in [1.29, 1.82) is 0 Å². The van der Waals surface area contributed by atoms with E-state index < -0.39 is 12.1 Å². The summed E-state index contributed by atoms with van der Waals surface area (Å²) in [5.74, 6) is -0.193. The molecule has 0 aromatic carbocycles. The minimum atomic E-state index is -3.98. The van der Waals surface area contributed by atoms with Crippen LogP contribution < -0.4 is 5.32 Å². The van der Waals surface area contributed by atoms with E-state index in [1.807, 2.05) is 0 Å². The van der Waals surface area contributed by atoms with Crippen molar-refractivity contribution in [3.63, 3.8) is 0 Å². The highest BCUT2D eigenvalue weighted by Crippen LogP contribution is 2.38. The Morgan fingerprint density at radius 2 is 1.45 bits per heavy atom. The predicted molar refractivity (Wildman–Crippen MR) is 75.6 cm³/mol. The second-order valence-corrected chi connectivity index (χ2v) is 6.74. The topological polar surface area (TPSA) is 12.0 Å². The molecule has 0 heterocycles. The zero-order valence-corrected chi connectivity index (χ0v) is 12.5. The van der Waals surface area contributed by atoms with Gasteiger partial charge in [-0.2, -0.15) is 13.2 Å². The van der Waals surface area contributed by atoms with Gasteiger partial charge in [-0.15, -0.1) is 0 Å². The summed E-state index contributed by atoms with van der Waals surface area (Å²) in [6.45, 7) is 2.26. The van der Waals surface area contributed by atoms with Gasteiger partial charge in [-0.25, -0.2) is 0 Å². The molecule has 2 rings (SSSR count). The van der Waals surface area contributed by atoms with E-state index in [4.69, 9.17) is 0 Å². The summed E-state index contributed by atoms with van der Waals surface area (Å²) < 4.78 is 37.9. The number of hydrogen-bond acceptors (Lipinski definition) is 1. The summed E-state index contributed by atoms with van der Waals surface area (Å²) in [6, 6.07) is 0.857. The second-order valence-electron chi connectivity index (χ2n) is 6.74. The van der Waals surface area contributed by atoms with E-state index in [1.165, 1.54) is 38.5 Å². The van der Waals surface area contributed by atoms with Gasteiger partial charge in [-0.1, -0.05) is 26.2 Å². The number of rotatable bonds is 3. The van der Waals surface area contributed by atoms with Gasteiger partial charge < -0.3 is 5.32 Å². The van der Waals surface area contributed by atoms with Crippen LogP contribution in [-0.2, 0) is 0 Å². The van der Waals surface area contributed by atoms with E-state index in [0.717, 1.165) is 5.92 Å². The van der Waals surface area contributed by atoms with Crippen LogP contribution >= 0.6 is 0 Å². The van der Waals surface area contributed by atoms with Crippen molar-refractivity contribution in [3.05, 3.63) is 0 Å². The molecular weight excluding hydrogens is 263 g/mol. The molecule has 118 valence electrons. The number of halogens is 3. The molecule has 4 heteroatoms. The zero-order valence-electron chi connectivity index (χ0n) is 12.5. The molecule has 2 fully saturated rings. The third-order valence-electron chi connectivity index (χ3n) is 5.33. The molecule has 2 aliphatic carbocycles. The molecule has 0 radical (unpaired) electrons. The highest BCUT2D eigenvalue weighted by atomic mass is 19.4. The number of alkyl halides is 3. The van der Waals surface area contributed by atoms with E-state index in [1.54, 1.807) is 0 Å². The monoisotopic (exact) mass is 291 g/mol. The average Bonchev–Trinajstić information content (AvgIpc) is 2.63. The lowest BCUT2D eigenvalue weighted by Gasteiger charge is -2.33. The highest BCUT2D eigenvalue weighted by molar-refractivity contribution is 4.84. The average molecular weight is 291 g/mol. The molecule has 0 aliphatic heterocycles. The van der Waals surface area contributed by atoms with Crippen molar-refractivity contribution in [3.8, 4) is 0 Å². The van der Waals surface area contributed by atoms with E-state index in [-0.39, 0.29) is 0 Å². The molecule has 0 aromatic rings. The van der Waals surface area contributed by atoms with Crippen LogP contribution in [0.4, 0.5) is 13.2 Å². The molecular formula is C16H28F3N. The van der Waals surface area contributed by atoms with Crippen LogP contribution in [0, 0.1) is 11.8 Å². The van der Waals surface area contributed by atoms with Crippen LogP contribution in [-0.4, -0.2) is 18.3 Å². The maximum Gasteiger partial charge on any atom is 0.391 e. The molecule has 2 aliphatic rings. The van der Waals surface area contributed by atoms with Crippen molar-refractivity contribution >= 4 is 0 Å². The fourth-order valence-electron chi connectivity index (χ4n) is 3.87. The van der Waals surface area contributed by atoms with Crippen molar-refractivity contribution in [2.45, 2.75) is 89.4 Å². The Hall–Kier alpha value is -0.250. The normalized spacial score (nSPS) is 36.6. The first-order chi connectivity index (χ1) is 9.49. The van der Waals surface area contributed by atoms with E-state index in [9.17, 15) is 13.2 Å². The van der Waals surface area contributed by atoms with Crippen LogP contribution in [0.25, 0.3) is 0 Å². The molecule has 0 aromatic heterocycles. The molecule has 1 nitrogen and oxygen atoms in total. The van der Waals surface area contributed by atoms with E-state index >= 15 is 0 Å². The number of nitrogens with one attached hydrogen (secondary N) is 1. The maximum absolute atomic E-state index is 12.6. The van der Waals surface area contributed by atoms with E-state index in [2.05, 4.69) is 12.2 Å². The molecule has 1 N–H and O–H groups in total. The van der Waals surface area contributed by atoms with Crippen LogP contribution in [0.3, 0.4) is 0 Å². The standard InChI is InChI=1S/C16H28F3N/c1-2-12-4-3-5-14(9-6-12)20-15-10-7-13(8-11-15)16(17,18)19/h12-15,20H,2-11H2,1H3. The molecule has 0 bridgehead atoms. The second kappa shape index (κ2) is 7.15. The van der Waals surface area contributed by atoms with Crippen molar-refractivity contribution in [2.24, 2.45) is 11.8 Å². The van der Waals surface area contributed by atoms with E-state index in [0.29, 0.717) is 37.8 Å². The van der Waals surface area contributed by atoms with Crippen molar-refractivity contribution in [2.75, 3.05) is 0 Å². The van der Waals surface area contributed by atoms with Gasteiger partial charge >= 0.3 is 6.18 Å². The minimum absolute atomic E-state index is 0.311. The van der Waals surface area contributed by atoms with Gasteiger partial charge in [0.15, 0.2) is 0 Å². The molecule has 20 heavy (non-hydrogen) atoms. The molecule has 0 amide bonds. The van der Waals surface area contributed by atoms with Gasteiger partial charge in [-0.3, -0.25) is 0 Å². The molecule has 2 unspecified atom stereocenters. The van der Waals surface area contributed by atoms with Gasteiger partial charge in [0.25, 0.3) is 0 Å². The quantitative estimate of drug-likeness (QED) is 0.717. The first-order valence-corrected chi connectivity index (χ1v) is 8.31.